The van der Waals surface area contributed by atoms with Crippen LogP contribution in [0.2, 0.25) is 0 Å². The minimum atomic E-state index is -0.378. The molecule has 5 nitrogen and oxygen atoms in total. The lowest BCUT2D eigenvalue weighted by Gasteiger charge is -2.29. The number of benzene rings is 1. The highest BCUT2D eigenvalue weighted by atomic mass is 32.1. The molecular formula is C23H27N3O2S. The van der Waals surface area contributed by atoms with E-state index in [1.165, 1.54) is 5.56 Å². The van der Waals surface area contributed by atoms with Gasteiger partial charge in [0.25, 0.3) is 11.5 Å². The van der Waals surface area contributed by atoms with Crippen LogP contribution in [0.25, 0.3) is 11.3 Å². The van der Waals surface area contributed by atoms with Crippen LogP contribution in [-0.2, 0) is 0 Å². The van der Waals surface area contributed by atoms with Gasteiger partial charge in [-0.15, -0.1) is 0 Å². The van der Waals surface area contributed by atoms with Crippen molar-refractivity contribution >= 4 is 17.2 Å². The van der Waals surface area contributed by atoms with Gasteiger partial charge in [-0.25, -0.2) is 0 Å². The first kappa shape index (κ1) is 21.0. The number of amides is 1. The Morgan fingerprint density at radius 1 is 1.17 bits per heavy atom. The van der Waals surface area contributed by atoms with Crippen LogP contribution in [0.4, 0.5) is 0 Å². The van der Waals surface area contributed by atoms with E-state index in [4.69, 9.17) is 0 Å². The number of aryl methyl sites for hydroxylation is 1. The Bertz CT molecular complexity index is 1010. The Balaban J connectivity index is 1.75. The monoisotopic (exact) mass is 409 g/mol. The number of thiophene rings is 1. The van der Waals surface area contributed by atoms with Gasteiger partial charge < -0.3 is 10.3 Å². The Labute approximate surface area is 175 Å². The Hall–Kier alpha value is -2.70. The molecule has 1 amide bonds. The number of carbonyl (C=O) groups excluding carboxylic acids is 1. The molecule has 0 radical (unpaired) electrons. The zero-order valence-corrected chi connectivity index (χ0v) is 17.9. The van der Waals surface area contributed by atoms with Crippen molar-refractivity contribution in [3.8, 4) is 11.3 Å². The molecule has 0 bridgehead atoms. The van der Waals surface area contributed by atoms with Crippen molar-refractivity contribution in [2.24, 2.45) is 0 Å². The van der Waals surface area contributed by atoms with E-state index in [0.29, 0.717) is 12.2 Å². The molecule has 0 aliphatic carbocycles. The molecule has 0 fully saturated rings. The van der Waals surface area contributed by atoms with Gasteiger partial charge in [-0.1, -0.05) is 37.6 Å². The average molecular weight is 410 g/mol. The third-order valence-corrected chi connectivity index (χ3v) is 5.82. The minimum absolute atomic E-state index is 0.0887. The van der Waals surface area contributed by atoms with Gasteiger partial charge in [0.15, 0.2) is 0 Å². The Kier molecular flexibility index (Phi) is 7.01. The van der Waals surface area contributed by atoms with Crippen molar-refractivity contribution < 1.29 is 4.79 Å². The number of hydrogen-bond acceptors (Lipinski definition) is 4. The lowest BCUT2D eigenvalue weighted by molar-refractivity contribution is 0.0933. The second-order valence-electron chi connectivity index (χ2n) is 6.99. The van der Waals surface area contributed by atoms with Crippen LogP contribution in [0, 0.1) is 6.92 Å². The number of H-pyrrole nitrogens is 1. The number of aromatic nitrogens is 1. The van der Waals surface area contributed by atoms with Gasteiger partial charge in [0.1, 0.15) is 5.56 Å². The van der Waals surface area contributed by atoms with Crippen LogP contribution in [0.5, 0.6) is 0 Å². The molecule has 152 valence electrons. The van der Waals surface area contributed by atoms with E-state index >= 15 is 0 Å². The summed E-state index contributed by atoms with van der Waals surface area (Å²) in [7, 11) is 0. The molecule has 2 N–H and O–H groups in total. The maximum absolute atomic E-state index is 12.7. The number of carbonyl (C=O) groups is 1. The molecule has 3 aromatic rings. The van der Waals surface area contributed by atoms with Crippen LogP contribution in [0.3, 0.4) is 0 Å². The smallest absolute Gasteiger partial charge is 0.261 e. The lowest BCUT2D eigenvalue weighted by atomic mass is 10.1. The fourth-order valence-corrected chi connectivity index (χ4v) is 4.21. The molecule has 2 heterocycles. The van der Waals surface area contributed by atoms with E-state index in [1.54, 1.807) is 23.5 Å². The van der Waals surface area contributed by atoms with Crippen LogP contribution in [0.1, 0.15) is 41.4 Å². The topological polar surface area (TPSA) is 65.2 Å². The molecule has 3 rings (SSSR count). The molecule has 6 heteroatoms. The number of aromatic amines is 1. The molecule has 0 spiro atoms. The van der Waals surface area contributed by atoms with Crippen molar-refractivity contribution in [1.82, 2.24) is 15.2 Å². The molecule has 1 aromatic carbocycles. The molecule has 2 aromatic heterocycles. The number of nitrogens with one attached hydrogen (secondary N) is 2. The predicted octanol–water partition coefficient (Wildman–Crippen LogP) is 4.22. The largest absolute Gasteiger partial charge is 0.350 e. The van der Waals surface area contributed by atoms with Gasteiger partial charge in [0, 0.05) is 12.2 Å². The van der Waals surface area contributed by atoms with E-state index in [1.807, 2.05) is 36.6 Å². The highest BCUT2D eigenvalue weighted by Gasteiger charge is 2.20. The van der Waals surface area contributed by atoms with E-state index in [2.05, 4.69) is 40.5 Å². The van der Waals surface area contributed by atoms with Crippen LogP contribution < -0.4 is 10.9 Å². The Morgan fingerprint density at radius 3 is 2.59 bits per heavy atom. The molecule has 1 atom stereocenters. The normalized spacial score (nSPS) is 12.1. The summed E-state index contributed by atoms with van der Waals surface area (Å²) in [6, 6.07) is 13.4. The predicted molar refractivity (Wildman–Crippen MR) is 120 cm³/mol. The van der Waals surface area contributed by atoms with Gasteiger partial charge >= 0.3 is 0 Å². The van der Waals surface area contributed by atoms with Gasteiger partial charge in [-0.05, 0) is 66.2 Å². The van der Waals surface area contributed by atoms with Crippen molar-refractivity contribution in [1.29, 1.82) is 0 Å². The maximum Gasteiger partial charge on any atom is 0.261 e. The fourth-order valence-electron chi connectivity index (χ4n) is 3.50. The standard InChI is InChI=1S/C23H27N3O2S/c1-4-26(5-2)21(18-11-12-29-15-18)14-24-22(27)19-9-10-20(25-23(19)28)17-8-6-7-16(3)13-17/h6-13,15,21H,4-5,14H2,1-3H3,(H,24,27)(H,25,28). The van der Waals surface area contributed by atoms with E-state index in [-0.39, 0.29) is 23.1 Å². The number of hydrogen-bond donors (Lipinski definition) is 2. The van der Waals surface area contributed by atoms with Gasteiger partial charge in [-0.2, -0.15) is 11.3 Å². The fraction of sp³-hybridized carbons (Fsp3) is 0.304. The van der Waals surface area contributed by atoms with Crippen molar-refractivity contribution in [2.75, 3.05) is 19.6 Å². The zero-order chi connectivity index (χ0) is 20.8. The molecule has 1 unspecified atom stereocenters. The molecular weight excluding hydrogens is 382 g/mol. The van der Waals surface area contributed by atoms with Crippen molar-refractivity contribution in [3.63, 3.8) is 0 Å². The summed E-state index contributed by atoms with van der Waals surface area (Å²) in [6.45, 7) is 8.45. The maximum atomic E-state index is 12.7. The van der Waals surface area contributed by atoms with Gasteiger partial charge in [0.05, 0.1) is 6.04 Å². The first-order chi connectivity index (χ1) is 14.0. The molecule has 0 saturated heterocycles. The van der Waals surface area contributed by atoms with Crippen LogP contribution in [-0.4, -0.2) is 35.4 Å². The second-order valence-corrected chi connectivity index (χ2v) is 7.77. The summed E-state index contributed by atoms with van der Waals surface area (Å²) in [4.78, 5) is 30.4. The molecule has 0 aliphatic rings. The number of nitrogens with zero attached hydrogens (tertiary/aromatic N) is 1. The number of rotatable bonds is 8. The quantitative estimate of drug-likeness (QED) is 0.585. The number of likely N-dealkylation sites (N-methyl/N-ethyl adjacent to an activating group) is 1. The summed E-state index contributed by atoms with van der Waals surface area (Å²) >= 11 is 1.65. The lowest BCUT2D eigenvalue weighted by Crippen LogP contribution is -2.39. The third kappa shape index (κ3) is 5.02. The zero-order valence-electron chi connectivity index (χ0n) is 17.1. The van der Waals surface area contributed by atoms with E-state index in [0.717, 1.165) is 24.2 Å². The van der Waals surface area contributed by atoms with Crippen molar-refractivity contribution in [2.45, 2.75) is 26.8 Å². The minimum Gasteiger partial charge on any atom is -0.350 e. The summed E-state index contributed by atoms with van der Waals surface area (Å²) in [5, 5.41) is 7.10. The first-order valence-corrected chi connectivity index (χ1v) is 10.8. The Morgan fingerprint density at radius 2 is 1.97 bits per heavy atom. The van der Waals surface area contributed by atoms with E-state index in [9.17, 15) is 9.59 Å². The van der Waals surface area contributed by atoms with Crippen molar-refractivity contribution in [3.05, 3.63) is 80.3 Å². The van der Waals surface area contributed by atoms with Gasteiger partial charge in [-0.3, -0.25) is 14.5 Å². The molecule has 0 saturated carbocycles. The summed E-state index contributed by atoms with van der Waals surface area (Å²) in [6.07, 6.45) is 0. The van der Waals surface area contributed by atoms with Gasteiger partial charge in [0.2, 0.25) is 0 Å². The summed E-state index contributed by atoms with van der Waals surface area (Å²) in [5.74, 6) is -0.352. The molecule has 29 heavy (non-hydrogen) atoms. The van der Waals surface area contributed by atoms with Crippen LogP contribution in [0.15, 0.2) is 58.0 Å². The highest BCUT2D eigenvalue weighted by Crippen LogP contribution is 2.22. The average Bonchev–Trinajstić information content (AvgIpc) is 3.25. The number of pyridine rings is 1. The first-order valence-electron chi connectivity index (χ1n) is 9.88. The highest BCUT2D eigenvalue weighted by molar-refractivity contribution is 7.07. The SMILES string of the molecule is CCN(CC)C(CNC(=O)c1ccc(-c2cccc(C)c2)[nH]c1=O)c1ccsc1. The molecule has 0 aliphatic heterocycles. The second kappa shape index (κ2) is 9.67. The third-order valence-electron chi connectivity index (χ3n) is 5.12. The van der Waals surface area contributed by atoms with E-state index < -0.39 is 0 Å². The summed E-state index contributed by atoms with van der Waals surface area (Å²) < 4.78 is 0. The van der Waals surface area contributed by atoms with Crippen LogP contribution >= 0.6 is 11.3 Å². The summed E-state index contributed by atoms with van der Waals surface area (Å²) in [5.41, 5.74) is 3.67.